The van der Waals surface area contributed by atoms with Gasteiger partial charge in [-0.25, -0.2) is 0 Å². The standard InChI is InChI=1S/C13H20N4O/c1-15-9-13(18)11-17(7-3-5-14)10-12-4-2-6-16-8-12/h2,4,6,8,13,15,18H,3,7,9-11H2,1H3. The molecule has 0 aliphatic carbocycles. The Hall–Kier alpha value is -1.48. The van der Waals surface area contributed by atoms with Gasteiger partial charge < -0.3 is 10.4 Å². The van der Waals surface area contributed by atoms with E-state index in [0.29, 0.717) is 32.6 Å². The first-order valence-electron chi connectivity index (χ1n) is 6.07. The predicted octanol–water partition coefficient (Wildman–Crippen LogP) is 0.378. The molecule has 0 amide bonds. The Morgan fingerprint density at radius 1 is 1.61 bits per heavy atom. The highest BCUT2D eigenvalue weighted by Crippen LogP contribution is 2.04. The van der Waals surface area contributed by atoms with Crippen LogP contribution >= 0.6 is 0 Å². The number of nitriles is 1. The van der Waals surface area contributed by atoms with E-state index in [0.717, 1.165) is 5.56 Å². The topological polar surface area (TPSA) is 72.2 Å². The van der Waals surface area contributed by atoms with Crippen molar-refractivity contribution in [3.05, 3.63) is 30.1 Å². The van der Waals surface area contributed by atoms with Crippen molar-refractivity contribution in [1.82, 2.24) is 15.2 Å². The maximum atomic E-state index is 9.79. The highest BCUT2D eigenvalue weighted by atomic mass is 16.3. The molecule has 0 aromatic carbocycles. The molecule has 0 spiro atoms. The number of hydrogen-bond donors (Lipinski definition) is 2. The van der Waals surface area contributed by atoms with E-state index >= 15 is 0 Å². The summed E-state index contributed by atoms with van der Waals surface area (Å²) in [4.78, 5) is 6.14. The molecule has 0 saturated heterocycles. The number of rotatable bonds is 8. The van der Waals surface area contributed by atoms with E-state index in [9.17, 15) is 5.11 Å². The Morgan fingerprint density at radius 3 is 3.06 bits per heavy atom. The second kappa shape index (κ2) is 8.59. The molecule has 0 aliphatic rings. The number of aliphatic hydroxyl groups excluding tert-OH is 1. The lowest BCUT2D eigenvalue weighted by molar-refractivity contribution is 0.110. The van der Waals surface area contributed by atoms with Gasteiger partial charge in [0.15, 0.2) is 0 Å². The van der Waals surface area contributed by atoms with Gasteiger partial charge in [0.1, 0.15) is 0 Å². The SMILES string of the molecule is CNCC(O)CN(CCC#N)Cc1cccnc1. The van der Waals surface area contributed by atoms with Gasteiger partial charge in [-0.2, -0.15) is 5.26 Å². The normalized spacial score (nSPS) is 12.3. The van der Waals surface area contributed by atoms with Gasteiger partial charge >= 0.3 is 0 Å². The zero-order valence-electron chi connectivity index (χ0n) is 10.7. The lowest BCUT2D eigenvalue weighted by Gasteiger charge is -2.24. The van der Waals surface area contributed by atoms with Gasteiger partial charge in [-0.05, 0) is 18.7 Å². The Bertz CT molecular complexity index is 363. The third-order valence-electron chi connectivity index (χ3n) is 2.58. The summed E-state index contributed by atoms with van der Waals surface area (Å²) in [5, 5.41) is 21.4. The van der Waals surface area contributed by atoms with E-state index in [4.69, 9.17) is 5.26 Å². The summed E-state index contributed by atoms with van der Waals surface area (Å²) in [5.74, 6) is 0. The summed E-state index contributed by atoms with van der Waals surface area (Å²) in [6, 6.07) is 6.02. The summed E-state index contributed by atoms with van der Waals surface area (Å²) < 4.78 is 0. The van der Waals surface area contributed by atoms with E-state index in [-0.39, 0.29) is 0 Å². The van der Waals surface area contributed by atoms with Crippen LogP contribution in [0.15, 0.2) is 24.5 Å². The molecule has 1 rings (SSSR count). The van der Waals surface area contributed by atoms with Gasteiger partial charge in [-0.1, -0.05) is 6.07 Å². The van der Waals surface area contributed by atoms with Crippen LogP contribution in [0, 0.1) is 11.3 Å². The summed E-state index contributed by atoms with van der Waals surface area (Å²) in [5.41, 5.74) is 1.09. The highest BCUT2D eigenvalue weighted by Gasteiger charge is 2.11. The van der Waals surface area contributed by atoms with Gasteiger partial charge in [-0.3, -0.25) is 9.88 Å². The number of aromatic nitrogens is 1. The number of pyridine rings is 1. The maximum absolute atomic E-state index is 9.79. The molecule has 5 nitrogen and oxygen atoms in total. The summed E-state index contributed by atoms with van der Waals surface area (Å²) in [6.45, 7) is 2.47. The molecular weight excluding hydrogens is 228 g/mol. The Morgan fingerprint density at radius 2 is 2.44 bits per heavy atom. The van der Waals surface area contributed by atoms with E-state index < -0.39 is 6.10 Å². The fourth-order valence-electron chi connectivity index (χ4n) is 1.79. The smallest absolute Gasteiger partial charge is 0.0791 e. The highest BCUT2D eigenvalue weighted by molar-refractivity contribution is 5.08. The third kappa shape index (κ3) is 5.73. The number of aliphatic hydroxyl groups is 1. The first kappa shape index (κ1) is 14.6. The fraction of sp³-hybridized carbons (Fsp3) is 0.538. The number of likely N-dealkylation sites (N-methyl/N-ethyl adjacent to an activating group) is 1. The minimum atomic E-state index is -0.426. The third-order valence-corrected chi connectivity index (χ3v) is 2.58. The van der Waals surface area contributed by atoms with Crippen LogP contribution in [0.3, 0.4) is 0 Å². The first-order chi connectivity index (χ1) is 8.76. The van der Waals surface area contributed by atoms with E-state index in [1.54, 1.807) is 6.20 Å². The van der Waals surface area contributed by atoms with Gasteiger partial charge in [-0.15, -0.1) is 0 Å². The van der Waals surface area contributed by atoms with Crippen LogP contribution in [0.2, 0.25) is 0 Å². The van der Waals surface area contributed by atoms with Crippen LogP contribution in [0.1, 0.15) is 12.0 Å². The average Bonchev–Trinajstić information content (AvgIpc) is 2.37. The molecule has 0 aliphatic heterocycles. The van der Waals surface area contributed by atoms with Crippen molar-refractivity contribution in [2.75, 3.05) is 26.7 Å². The summed E-state index contributed by atoms with van der Waals surface area (Å²) in [7, 11) is 1.81. The van der Waals surface area contributed by atoms with E-state index in [1.165, 1.54) is 0 Å². The van der Waals surface area contributed by atoms with Crippen LogP contribution in [0.4, 0.5) is 0 Å². The monoisotopic (exact) mass is 248 g/mol. The van der Waals surface area contributed by atoms with Gasteiger partial charge in [0.25, 0.3) is 0 Å². The van der Waals surface area contributed by atoms with Crippen molar-refractivity contribution in [3.8, 4) is 6.07 Å². The molecule has 1 aromatic rings. The predicted molar refractivity (Wildman–Crippen MR) is 69.7 cm³/mol. The van der Waals surface area contributed by atoms with Gasteiger partial charge in [0.05, 0.1) is 12.2 Å². The zero-order valence-corrected chi connectivity index (χ0v) is 10.7. The first-order valence-corrected chi connectivity index (χ1v) is 6.07. The van der Waals surface area contributed by atoms with Crippen molar-refractivity contribution >= 4 is 0 Å². The van der Waals surface area contributed by atoms with Gasteiger partial charge in [0, 0.05) is 45.0 Å². The van der Waals surface area contributed by atoms with Gasteiger partial charge in [0.2, 0.25) is 0 Å². The molecule has 1 unspecified atom stereocenters. The molecule has 1 aromatic heterocycles. The number of nitrogens with zero attached hydrogens (tertiary/aromatic N) is 3. The largest absolute Gasteiger partial charge is 0.390 e. The Labute approximate surface area is 108 Å². The molecule has 18 heavy (non-hydrogen) atoms. The maximum Gasteiger partial charge on any atom is 0.0791 e. The number of hydrogen-bond acceptors (Lipinski definition) is 5. The van der Waals surface area contributed by atoms with Crippen LogP contribution in [0.5, 0.6) is 0 Å². The average molecular weight is 248 g/mol. The molecule has 98 valence electrons. The fourth-order valence-corrected chi connectivity index (χ4v) is 1.79. The van der Waals surface area contributed by atoms with E-state index in [2.05, 4.69) is 21.3 Å². The minimum Gasteiger partial charge on any atom is -0.390 e. The Balaban J connectivity index is 2.52. The molecular formula is C13H20N4O. The van der Waals surface area contributed by atoms with Crippen molar-refractivity contribution in [1.29, 1.82) is 5.26 Å². The minimum absolute atomic E-state index is 0.426. The lowest BCUT2D eigenvalue weighted by atomic mass is 10.2. The zero-order chi connectivity index (χ0) is 13.2. The lowest BCUT2D eigenvalue weighted by Crippen LogP contribution is -2.37. The molecule has 1 atom stereocenters. The van der Waals surface area contributed by atoms with Crippen molar-refractivity contribution in [3.63, 3.8) is 0 Å². The summed E-state index contributed by atoms with van der Waals surface area (Å²) in [6.07, 6.45) is 3.58. The quantitative estimate of drug-likeness (QED) is 0.696. The van der Waals surface area contributed by atoms with Crippen LogP contribution < -0.4 is 5.32 Å². The molecule has 2 N–H and O–H groups in total. The van der Waals surface area contributed by atoms with Crippen molar-refractivity contribution in [2.45, 2.75) is 19.1 Å². The van der Waals surface area contributed by atoms with Crippen LogP contribution in [-0.4, -0.2) is 47.8 Å². The molecule has 0 bridgehead atoms. The molecule has 5 heteroatoms. The molecule has 0 fully saturated rings. The second-order valence-corrected chi connectivity index (χ2v) is 4.22. The number of nitrogens with one attached hydrogen (secondary N) is 1. The van der Waals surface area contributed by atoms with Crippen LogP contribution in [0.25, 0.3) is 0 Å². The molecule has 0 radical (unpaired) electrons. The molecule has 0 saturated carbocycles. The van der Waals surface area contributed by atoms with Crippen LogP contribution in [-0.2, 0) is 6.54 Å². The summed E-state index contributed by atoms with van der Waals surface area (Å²) >= 11 is 0. The van der Waals surface area contributed by atoms with E-state index in [1.807, 2.05) is 25.4 Å². The van der Waals surface area contributed by atoms with Crippen molar-refractivity contribution in [2.24, 2.45) is 0 Å². The second-order valence-electron chi connectivity index (χ2n) is 4.22. The Kier molecular flexibility index (Phi) is 6.96. The van der Waals surface area contributed by atoms with Crippen molar-refractivity contribution < 1.29 is 5.11 Å². The molecule has 1 heterocycles.